The average molecular weight is 150 g/mol. The molecule has 0 amide bonds. The van der Waals surface area contributed by atoms with Crippen LogP contribution < -0.4 is 4.65 Å². The molecule has 2 rings (SSSR count). The molecule has 1 aliphatic rings. The summed E-state index contributed by atoms with van der Waals surface area (Å²) in [6, 6.07) is 8.12. The summed E-state index contributed by atoms with van der Waals surface area (Å²) >= 11 is 1.77. The second-order valence-corrected chi connectivity index (χ2v) is 3.59. The largest absolute Gasteiger partial charge is 0.549 e. The number of fused-ring (bicyclic) bond motifs is 1. The molecule has 1 aromatic rings. The number of benzene rings is 1. The zero-order valence-corrected chi connectivity index (χ0v) is 6.52. The van der Waals surface area contributed by atoms with E-state index in [4.69, 9.17) is 4.65 Å². The first kappa shape index (κ1) is 6.16. The van der Waals surface area contributed by atoms with Gasteiger partial charge < -0.3 is 4.65 Å². The summed E-state index contributed by atoms with van der Waals surface area (Å²) in [5, 5.41) is 0. The van der Waals surface area contributed by atoms with Gasteiger partial charge in [0.2, 0.25) is 0 Å². The van der Waals surface area contributed by atoms with Crippen LogP contribution in [-0.4, -0.2) is 6.19 Å². The fraction of sp³-hybridized carbons (Fsp3) is 0.143. The Bertz CT molecular complexity index is 226. The van der Waals surface area contributed by atoms with E-state index in [1.54, 1.807) is 11.6 Å². The molecule has 0 aromatic heterocycles. The lowest BCUT2D eigenvalue weighted by atomic mass is 10.1. The topological polar surface area (TPSA) is 9.23 Å². The smallest absolute Gasteiger partial charge is 0.428 e. The molecule has 3 heteroatoms. The fourth-order valence-electron chi connectivity index (χ4n) is 1.03. The quantitative estimate of drug-likeness (QED) is 0.524. The lowest BCUT2D eigenvalue weighted by Crippen LogP contribution is -2.04. The molecule has 0 aliphatic carbocycles. The first-order valence-corrected chi connectivity index (χ1v) is 4.16. The minimum Gasteiger partial charge on any atom is -0.549 e. The van der Waals surface area contributed by atoms with E-state index >= 15 is 0 Å². The highest BCUT2D eigenvalue weighted by atomic mass is 32.2. The van der Waals surface area contributed by atoms with E-state index in [0.717, 1.165) is 5.75 Å². The second kappa shape index (κ2) is 2.24. The normalized spacial score (nSPS) is 14.7. The van der Waals surface area contributed by atoms with Crippen LogP contribution in [0.5, 0.6) is 5.75 Å². The van der Waals surface area contributed by atoms with E-state index in [0.29, 0.717) is 0 Å². The monoisotopic (exact) mass is 150 g/mol. The van der Waals surface area contributed by atoms with Crippen LogP contribution in [0, 0.1) is 0 Å². The SMILES string of the molecule is CB1Oc2ccccc2S1. The van der Waals surface area contributed by atoms with Crippen LogP contribution in [0.15, 0.2) is 29.2 Å². The molecule has 0 atom stereocenters. The average Bonchev–Trinajstić information content (AvgIpc) is 2.27. The molecule has 1 aromatic carbocycles. The van der Waals surface area contributed by atoms with Crippen LogP contribution in [-0.2, 0) is 0 Å². The van der Waals surface area contributed by atoms with Gasteiger partial charge in [-0.15, -0.1) is 11.6 Å². The molecular weight excluding hydrogens is 143 g/mol. The van der Waals surface area contributed by atoms with Gasteiger partial charge in [0.25, 0.3) is 0 Å². The molecular formula is C7H7BOS. The summed E-state index contributed by atoms with van der Waals surface area (Å²) in [6.07, 6.45) is 0.289. The van der Waals surface area contributed by atoms with Gasteiger partial charge in [0.15, 0.2) is 0 Å². The van der Waals surface area contributed by atoms with Crippen LogP contribution in [0.4, 0.5) is 0 Å². The third-order valence-electron chi connectivity index (χ3n) is 1.44. The van der Waals surface area contributed by atoms with Gasteiger partial charge >= 0.3 is 6.19 Å². The van der Waals surface area contributed by atoms with E-state index in [9.17, 15) is 0 Å². The molecule has 0 saturated heterocycles. The molecule has 0 N–H and O–H groups in total. The summed E-state index contributed by atoms with van der Waals surface area (Å²) in [6.45, 7) is 2.06. The predicted octanol–water partition coefficient (Wildman–Crippen LogP) is 2.29. The van der Waals surface area contributed by atoms with Crippen LogP contribution >= 0.6 is 11.6 Å². The second-order valence-electron chi connectivity index (χ2n) is 2.25. The predicted molar refractivity (Wildman–Crippen MR) is 44.5 cm³/mol. The highest BCUT2D eigenvalue weighted by Crippen LogP contribution is 2.37. The number of hydrogen-bond donors (Lipinski definition) is 0. The van der Waals surface area contributed by atoms with Crippen molar-refractivity contribution in [1.82, 2.24) is 0 Å². The van der Waals surface area contributed by atoms with Crippen LogP contribution in [0.3, 0.4) is 0 Å². The molecule has 1 aliphatic heterocycles. The maximum Gasteiger partial charge on any atom is 0.428 e. The van der Waals surface area contributed by atoms with Crippen molar-refractivity contribution in [2.45, 2.75) is 11.7 Å². The number of rotatable bonds is 0. The molecule has 0 unspecified atom stereocenters. The van der Waals surface area contributed by atoms with Crippen LogP contribution in [0.25, 0.3) is 0 Å². The van der Waals surface area contributed by atoms with Crippen molar-refractivity contribution in [1.29, 1.82) is 0 Å². The third-order valence-corrected chi connectivity index (χ3v) is 2.45. The van der Waals surface area contributed by atoms with Crippen molar-refractivity contribution in [3.63, 3.8) is 0 Å². The van der Waals surface area contributed by atoms with Crippen molar-refractivity contribution in [3.8, 4) is 5.75 Å². The Hall–Kier alpha value is -0.565. The Labute approximate surface area is 64.8 Å². The molecule has 0 saturated carbocycles. The zero-order valence-electron chi connectivity index (χ0n) is 5.70. The van der Waals surface area contributed by atoms with Crippen LogP contribution in [0.2, 0.25) is 6.82 Å². The van der Waals surface area contributed by atoms with E-state index in [1.807, 2.05) is 18.2 Å². The van der Waals surface area contributed by atoms with Gasteiger partial charge in [-0.3, -0.25) is 0 Å². The number of para-hydroxylation sites is 1. The standard InChI is InChI=1S/C7H7BOS/c1-8-9-6-4-2-3-5-7(6)10-8/h2-5H,1H3. The van der Waals surface area contributed by atoms with Crippen molar-refractivity contribution in [3.05, 3.63) is 24.3 Å². The lowest BCUT2D eigenvalue weighted by molar-refractivity contribution is 0.588. The third kappa shape index (κ3) is 0.906. The maximum atomic E-state index is 5.47. The zero-order chi connectivity index (χ0) is 6.97. The summed E-state index contributed by atoms with van der Waals surface area (Å²) in [5.74, 6) is 1.03. The van der Waals surface area contributed by atoms with Crippen molar-refractivity contribution < 1.29 is 4.65 Å². The molecule has 0 radical (unpaired) electrons. The highest BCUT2D eigenvalue weighted by Gasteiger charge is 2.22. The molecule has 0 spiro atoms. The Kier molecular flexibility index (Phi) is 1.38. The summed E-state index contributed by atoms with van der Waals surface area (Å²) < 4.78 is 5.47. The maximum absolute atomic E-state index is 5.47. The van der Waals surface area contributed by atoms with Gasteiger partial charge in [-0.25, -0.2) is 0 Å². The van der Waals surface area contributed by atoms with Crippen molar-refractivity contribution in [2.24, 2.45) is 0 Å². The fourth-order valence-corrected chi connectivity index (χ4v) is 1.93. The molecule has 1 nitrogen and oxygen atoms in total. The molecule has 0 fully saturated rings. The molecule has 0 bridgehead atoms. The number of hydrogen-bond acceptors (Lipinski definition) is 2. The summed E-state index contributed by atoms with van der Waals surface area (Å²) in [7, 11) is 0. The van der Waals surface area contributed by atoms with Crippen molar-refractivity contribution in [2.75, 3.05) is 0 Å². The molecule has 10 heavy (non-hydrogen) atoms. The summed E-state index contributed by atoms with van der Waals surface area (Å²) in [5.41, 5.74) is 0. The van der Waals surface area contributed by atoms with Gasteiger partial charge in [0.1, 0.15) is 5.75 Å². The van der Waals surface area contributed by atoms with Crippen LogP contribution in [0.1, 0.15) is 0 Å². The first-order chi connectivity index (χ1) is 4.86. The lowest BCUT2D eigenvalue weighted by Gasteiger charge is -1.96. The molecule has 50 valence electrons. The van der Waals surface area contributed by atoms with E-state index in [-0.39, 0.29) is 6.19 Å². The van der Waals surface area contributed by atoms with Gasteiger partial charge in [-0.2, -0.15) is 0 Å². The van der Waals surface area contributed by atoms with E-state index in [2.05, 4.69) is 12.9 Å². The van der Waals surface area contributed by atoms with E-state index < -0.39 is 0 Å². The Balaban J connectivity index is 2.42. The van der Waals surface area contributed by atoms with Gasteiger partial charge in [0, 0.05) is 4.90 Å². The Morgan fingerprint density at radius 2 is 2.20 bits per heavy atom. The Morgan fingerprint density at radius 1 is 1.40 bits per heavy atom. The summed E-state index contributed by atoms with van der Waals surface area (Å²) in [4.78, 5) is 1.26. The minimum absolute atomic E-state index is 0.289. The Morgan fingerprint density at radius 3 is 3.00 bits per heavy atom. The van der Waals surface area contributed by atoms with Crippen molar-refractivity contribution >= 4 is 17.8 Å². The first-order valence-electron chi connectivity index (χ1n) is 3.28. The van der Waals surface area contributed by atoms with Gasteiger partial charge in [-0.1, -0.05) is 12.1 Å². The van der Waals surface area contributed by atoms with Gasteiger partial charge in [-0.05, 0) is 19.0 Å². The van der Waals surface area contributed by atoms with E-state index in [1.165, 1.54) is 4.90 Å². The molecule has 1 heterocycles. The van der Waals surface area contributed by atoms with Gasteiger partial charge in [0.05, 0.1) is 0 Å². The minimum atomic E-state index is 0.289. The highest BCUT2D eigenvalue weighted by molar-refractivity contribution is 8.25.